The summed E-state index contributed by atoms with van der Waals surface area (Å²) in [6.45, 7) is 0. The van der Waals surface area contributed by atoms with E-state index in [0.29, 0.717) is 11.3 Å². The number of nitrogens with one attached hydrogen (secondary N) is 1. The minimum atomic E-state index is -0.844. The third-order valence-corrected chi connectivity index (χ3v) is 1.95. The van der Waals surface area contributed by atoms with Crippen molar-refractivity contribution in [3.8, 4) is 11.5 Å². The van der Waals surface area contributed by atoms with Gasteiger partial charge >= 0.3 is 12.2 Å². The maximum Gasteiger partial charge on any atom is 0.513 e. The fourth-order valence-electron chi connectivity index (χ4n) is 1.18. The van der Waals surface area contributed by atoms with Gasteiger partial charge in [0.15, 0.2) is 0 Å². The van der Waals surface area contributed by atoms with Crippen LogP contribution in [0.2, 0.25) is 0 Å². The molecule has 0 fully saturated rings. The molecule has 0 unspecified atom stereocenters. The topological polar surface area (TPSA) is 112 Å². The van der Waals surface area contributed by atoms with Crippen molar-refractivity contribution >= 4 is 18.4 Å². The lowest BCUT2D eigenvalue weighted by atomic mass is 10.2. The Bertz CT molecular complexity index is 501. The fourth-order valence-corrected chi connectivity index (χ4v) is 1.18. The molecule has 0 saturated heterocycles. The Labute approximate surface area is 109 Å². The Morgan fingerprint density at radius 3 is 2.68 bits per heavy atom. The molecule has 0 aliphatic heterocycles. The Morgan fingerprint density at radius 1 is 1.37 bits per heavy atom. The molecule has 102 valence electrons. The third-order valence-electron chi connectivity index (χ3n) is 1.95. The maximum absolute atomic E-state index is 11.0. The summed E-state index contributed by atoms with van der Waals surface area (Å²) in [5, 5.41) is 3.59. The second-order valence-electron chi connectivity index (χ2n) is 3.19. The van der Waals surface area contributed by atoms with E-state index in [2.05, 4.69) is 9.84 Å². The number of nitrogens with zero attached hydrogens (tertiary/aromatic N) is 1. The molecule has 0 spiro atoms. The van der Waals surface area contributed by atoms with Crippen LogP contribution in [0.1, 0.15) is 5.56 Å². The number of primary amides is 1. The molecule has 1 aromatic rings. The van der Waals surface area contributed by atoms with Crippen molar-refractivity contribution in [1.29, 1.82) is 0 Å². The largest absolute Gasteiger partial charge is 0.513 e. The number of urea groups is 1. The van der Waals surface area contributed by atoms with Gasteiger partial charge in [-0.2, -0.15) is 5.10 Å². The molecule has 1 aromatic carbocycles. The van der Waals surface area contributed by atoms with E-state index >= 15 is 0 Å². The molecule has 0 atom stereocenters. The summed E-state index contributed by atoms with van der Waals surface area (Å²) in [5.41, 5.74) is 7.38. The van der Waals surface area contributed by atoms with E-state index < -0.39 is 12.2 Å². The lowest BCUT2D eigenvalue weighted by Gasteiger charge is -2.07. The second kappa shape index (κ2) is 6.84. The van der Waals surface area contributed by atoms with E-state index in [-0.39, 0.29) is 5.75 Å². The molecule has 8 nitrogen and oxygen atoms in total. The summed E-state index contributed by atoms with van der Waals surface area (Å²) < 4.78 is 14.3. The molecule has 2 amide bonds. The number of carbonyl (C=O) groups excluding carboxylic acids is 2. The van der Waals surface area contributed by atoms with Crippen LogP contribution in [0.15, 0.2) is 23.3 Å². The minimum absolute atomic E-state index is 0.244. The van der Waals surface area contributed by atoms with Crippen molar-refractivity contribution < 1.29 is 23.8 Å². The van der Waals surface area contributed by atoms with E-state index in [1.807, 2.05) is 5.43 Å². The highest BCUT2D eigenvalue weighted by Crippen LogP contribution is 2.22. The summed E-state index contributed by atoms with van der Waals surface area (Å²) in [5.74, 6) is 0.723. The van der Waals surface area contributed by atoms with Crippen LogP contribution in [0.4, 0.5) is 9.59 Å². The molecule has 0 aliphatic carbocycles. The molecule has 0 radical (unpaired) electrons. The van der Waals surface area contributed by atoms with Crippen molar-refractivity contribution in [3.63, 3.8) is 0 Å². The van der Waals surface area contributed by atoms with Gasteiger partial charge in [0.25, 0.3) is 0 Å². The van der Waals surface area contributed by atoms with Crippen molar-refractivity contribution in [3.05, 3.63) is 23.8 Å². The van der Waals surface area contributed by atoms with Gasteiger partial charge in [0.2, 0.25) is 0 Å². The van der Waals surface area contributed by atoms with E-state index in [4.69, 9.17) is 15.2 Å². The van der Waals surface area contributed by atoms with E-state index in [1.54, 1.807) is 6.07 Å². The summed E-state index contributed by atoms with van der Waals surface area (Å²) in [7, 11) is 2.67. The van der Waals surface area contributed by atoms with Gasteiger partial charge < -0.3 is 19.9 Å². The number of amides is 2. The first-order chi connectivity index (χ1) is 9.06. The van der Waals surface area contributed by atoms with Crippen molar-refractivity contribution in [2.24, 2.45) is 10.8 Å². The number of hydrogen-bond donors (Lipinski definition) is 2. The zero-order valence-electron chi connectivity index (χ0n) is 10.4. The number of rotatable bonds is 4. The van der Waals surface area contributed by atoms with Crippen molar-refractivity contribution in [2.75, 3.05) is 14.2 Å². The molecule has 19 heavy (non-hydrogen) atoms. The molecular formula is C11H13N3O5. The molecule has 1 rings (SSSR count). The van der Waals surface area contributed by atoms with Crippen LogP contribution >= 0.6 is 0 Å². The smallest absolute Gasteiger partial charge is 0.496 e. The van der Waals surface area contributed by atoms with Gasteiger partial charge in [-0.25, -0.2) is 15.0 Å². The van der Waals surface area contributed by atoms with Gasteiger partial charge in [0, 0.05) is 5.56 Å². The van der Waals surface area contributed by atoms with Crippen LogP contribution in [0.25, 0.3) is 0 Å². The van der Waals surface area contributed by atoms with E-state index in [9.17, 15) is 9.59 Å². The quantitative estimate of drug-likeness (QED) is 0.363. The number of hydrazone groups is 1. The molecule has 0 bridgehead atoms. The van der Waals surface area contributed by atoms with Crippen LogP contribution in [-0.4, -0.2) is 32.6 Å². The number of methoxy groups -OCH3 is 2. The monoisotopic (exact) mass is 267 g/mol. The van der Waals surface area contributed by atoms with Gasteiger partial charge in [0.1, 0.15) is 11.5 Å². The molecule has 0 aliphatic rings. The number of nitrogens with two attached hydrogens (primary N) is 1. The van der Waals surface area contributed by atoms with E-state index in [1.165, 1.54) is 32.6 Å². The predicted octanol–water partition coefficient (Wildman–Crippen LogP) is 0.843. The lowest BCUT2D eigenvalue weighted by Crippen LogP contribution is -2.24. The van der Waals surface area contributed by atoms with Crippen LogP contribution in [0.3, 0.4) is 0 Å². The number of ether oxygens (including phenoxy) is 3. The molecule has 8 heteroatoms. The predicted molar refractivity (Wildman–Crippen MR) is 66.3 cm³/mol. The van der Waals surface area contributed by atoms with Gasteiger partial charge in [-0.1, -0.05) is 0 Å². The first kappa shape index (κ1) is 14.3. The van der Waals surface area contributed by atoms with Crippen LogP contribution in [0.5, 0.6) is 11.5 Å². The van der Waals surface area contributed by atoms with Crippen LogP contribution in [-0.2, 0) is 4.74 Å². The first-order valence-electron chi connectivity index (χ1n) is 5.09. The molecule has 0 aromatic heterocycles. The van der Waals surface area contributed by atoms with Crippen molar-refractivity contribution in [2.45, 2.75) is 0 Å². The van der Waals surface area contributed by atoms with Gasteiger partial charge in [-0.05, 0) is 18.2 Å². The average Bonchev–Trinajstić information content (AvgIpc) is 2.38. The van der Waals surface area contributed by atoms with Crippen LogP contribution in [0, 0.1) is 0 Å². The summed E-state index contributed by atoms with van der Waals surface area (Å²) in [4.78, 5) is 21.4. The van der Waals surface area contributed by atoms with Crippen molar-refractivity contribution in [1.82, 2.24) is 5.43 Å². The molecule has 0 heterocycles. The number of benzene rings is 1. The number of hydrogen-bond acceptors (Lipinski definition) is 6. The molecular weight excluding hydrogens is 254 g/mol. The van der Waals surface area contributed by atoms with Gasteiger partial charge in [-0.3, -0.25) is 0 Å². The van der Waals surface area contributed by atoms with Gasteiger partial charge in [0.05, 0.1) is 20.4 Å². The fraction of sp³-hybridized carbons (Fsp3) is 0.182. The highest BCUT2D eigenvalue weighted by Gasteiger charge is 2.07. The van der Waals surface area contributed by atoms with E-state index in [0.717, 1.165) is 0 Å². The Kier molecular flexibility index (Phi) is 5.15. The lowest BCUT2D eigenvalue weighted by molar-refractivity contribution is 0.121. The normalized spacial score (nSPS) is 10.0. The maximum atomic E-state index is 11.0. The third kappa shape index (κ3) is 4.54. The zero-order valence-corrected chi connectivity index (χ0v) is 10.4. The summed E-state index contributed by atoms with van der Waals surface area (Å²) in [6, 6.07) is 3.79. The highest BCUT2D eigenvalue weighted by molar-refractivity contribution is 5.85. The van der Waals surface area contributed by atoms with Crippen LogP contribution < -0.4 is 20.6 Å². The first-order valence-corrected chi connectivity index (χ1v) is 5.09. The SMILES string of the molecule is COC(=O)Oc1ccc(OC)c(C=NNC(N)=O)c1. The summed E-state index contributed by atoms with van der Waals surface area (Å²) >= 11 is 0. The zero-order chi connectivity index (χ0) is 14.3. The Hall–Kier alpha value is -2.77. The van der Waals surface area contributed by atoms with Gasteiger partial charge in [-0.15, -0.1) is 0 Å². The highest BCUT2D eigenvalue weighted by atomic mass is 16.7. The molecule has 0 saturated carbocycles. The Morgan fingerprint density at radius 2 is 2.11 bits per heavy atom. The second-order valence-corrected chi connectivity index (χ2v) is 3.19. The average molecular weight is 267 g/mol. The molecule has 3 N–H and O–H groups in total. The number of carbonyl (C=O) groups is 2. The standard InChI is InChI=1S/C11H13N3O5/c1-17-9-4-3-8(19-11(16)18-2)5-7(9)6-13-14-10(12)15/h3-6H,1-2H3,(H3,12,14,15). The minimum Gasteiger partial charge on any atom is -0.496 e. The Balaban J connectivity index is 2.92. The summed E-state index contributed by atoms with van der Waals surface area (Å²) in [6.07, 6.45) is 0.455.